The van der Waals surface area contributed by atoms with Crippen LogP contribution in [0.3, 0.4) is 0 Å². The van der Waals surface area contributed by atoms with Gasteiger partial charge in [0.15, 0.2) is 6.10 Å². The third-order valence-corrected chi connectivity index (χ3v) is 10.5. The van der Waals surface area contributed by atoms with Crippen LogP contribution in [0.4, 0.5) is 0 Å². The smallest absolute Gasteiger partial charge is 0.306 e. The number of rotatable bonds is 41. The van der Waals surface area contributed by atoms with E-state index in [-0.39, 0.29) is 26.1 Å². The zero-order valence-corrected chi connectivity index (χ0v) is 38.2. The molecule has 57 heavy (non-hydrogen) atoms. The molecule has 0 fully saturated rings. The summed E-state index contributed by atoms with van der Waals surface area (Å²) in [4.78, 5) is 37.6. The van der Waals surface area contributed by atoms with Crippen molar-refractivity contribution < 1.29 is 42.1 Å². The summed E-state index contributed by atoms with van der Waals surface area (Å²) in [6, 6.07) is 0. The van der Waals surface area contributed by atoms with Crippen LogP contribution in [0.25, 0.3) is 0 Å². The number of nitrogens with zero attached hydrogens (tertiary/aromatic N) is 1. The quantitative estimate of drug-likeness (QED) is 0.0197. The van der Waals surface area contributed by atoms with Crippen molar-refractivity contribution in [1.29, 1.82) is 0 Å². The highest BCUT2D eigenvalue weighted by Gasteiger charge is 2.21. The van der Waals surface area contributed by atoms with Crippen LogP contribution in [0.1, 0.15) is 187 Å². The number of ether oxygens (including phenoxy) is 2. The number of quaternary nitrogens is 1. The largest absolute Gasteiger partial charge is 0.756 e. The molecule has 0 amide bonds. The topological polar surface area (TPSA) is 111 Å². The van der Waals surface area contributed by atoms with E-state index in [0.717, 1.165) is 64.2 Å². The number of carbonyl (C=O) groups excluding carboxylic acids is 2. The molecule has 0 saturated carbocycles. The van der Waals surface area contributed by atoms with Crippen LogP contribution in [0.15, 0.2) is 48.6 Å². The van der Waals surface area contributed by atoms with E-state index >= 15 is 0 Å². The Labute approximate surface area is 350 Å². The summed E-state index contributed by atoms with van der Waals surface area (Å²) in [5.74, 6) is -0.868. The molecule has 0 rings (SSSR count). The predicted molar refractivity (Wildman–Crippen MR) is 236 cm³/mol. The molecule has 0 heterocycles. The minimum absolute atomic E-state index is 0.0377. The van der Waals surface area contributed by atoms with Gasteiger partial charge in [0.05, 0.1) is 27.7 Å². The average molecular weight is 824 g/mol. The molecule has 332 valence electrons. The molecule has 0 aliphatic rings. The third-order valence-electron chi connectivity index (χ3n) is 9.58. The van der Waals surface area contributed by atoms with E-state index in [9.17, 15) is 19.0 Å². The fourth-order valence-corrected chi connectivity index (χ4v) is 6.73. The Balaban J connectivity index is 4.39. The Morgan fingerprint density at radius 2 is 0.982 bits per heavy atom. The highest BCUT2D eigenvalue weighted by molar-refractivity contribution is 7.45. The summed E-state index contributed by atoms with van der Waals surface area (Å²) in [7, 11) is 1.14. The van der Waals surface area contributed by atoms with Crippen molar-refractivity contribution in [3.05, 3.63) is 48.6 Å². The van der Waals surface area contributed by atoms with Gasteiger partial charge in [-0.2, -0.15) is 0 Å². The summed E-state index contributed by atoms with van der Waals surface area (Å²) in [6.07, 6.45) is 45.6. The normalized spacial score (nSPS) is 14.0. The van der Waals surface area contributed by atoms with Gasteiger partial charge in [-0.05, 0) is 51.4 Å². The van der Waals surface area contributed by atoms with E-state index in [0.29, 0.717) is 17.4 Å². The summed E-state index contributed by atoms with van der Waals surface area (Å²) in [5, 5.41) is 0. The van der Waals surface area contributed by atoms with Crippen LogP contribution < -0.4 is 4.89 Å². The number of esters is 2. The van der Waals surface area contributed by atoms with Crippen LogP contribution >= 0.6 is 7.82 Å². The SMILES string of the molecule is CCC/C=C/C/C=C/C/C=C/C/C=C/CCCCCC(=O)O[C@H](COC(=O)CCCCCCCCCCCCCCCCCC)COP(=O)([O-])OCC[N+](C)(C)C. The van der Waals surface area contributed by atoms with Gasteiger partial charge < -0.3 is 27.9 Å². The number of hydrogen-bond acceptors (Lipinski definition) is 8. The van der Waals surface area contributed by atoms with E-state index in [1.807, 2.05) is 21.1 Å². The molecule has 0 N–H and O–H groups in total. The molecule has 0 spiro atoms. The molecule has 0 aromatic carbocycles. The van der Waals surface area contributed by atoms with Gasteiger partial charge >= 0.3 is 11.9 Å². The molecule has 0 aliphatic heterocycles. The first kappa shape index (κ1) is 55.0. The second-order valence-corrected chi connectivity index (χ2v) is 17.8. The van der Waals surface area contributed by atoms with Crippen LogP contribution in [-0.4, -0.2) is 70.0 Å². The fraction of sp³-hybridized carbons (Fsp3) is 0.787. The molecule has 0 radical (unpaired) electrons. The zero-order chi connectivity index (χ0) is 42.1. The molecule has 0 aliphatic carbocycles. The average Bonchev–Trinajstić information content (AvgIpc) is 3.16. The predicted octanol–water partition coefficient (Wildman–Crippen LogP) is 12.4. The Morgan fingerprint density at radius 3 is 1.47 bits per heavy atom. The molecule has 1 unspecified atom stereocenters. The Kier molecular flexibility index (Phi) is 38.0. The van der Waals surface area contributed by atoms with Gasteiger partial charge in [-0.25, -0.2) is 0 Å². The van der Waals surface area contributed by atoms with E-state index in [1.165, 1.54) is 89.9 Å². The Hall–Kier alpha value is -2.03. The molecule has 0 bridgehead atoms. The lowest BCUT2D eigenvalue weighted by molar-refractivity contribution is -0.870. The molecule has 0 saturated heterocycles. The Morgan fingerprint density at radius 1 is 0.544 bits per heavy atom. The minimum Gasteiger partial charge on any atom is -0.756 e. The van der Waals surface area contributed by atoms with E-state index < -0.39 is 32.5 Å². The van der Waals surface area contributed by atoms with Crippen molar-refractivity contribution >= 4 is 19.8 Å². The summed E-state index contributed by atoms with van der Waals surface area (Å²) < 4.78 is 33.9. The number of carbonyl (C=O) groups is 2. The Bertz CT molecular complexity index is 1110. The first-order valence-electron chi connectivity index (χ1n) is 22.8. The van der Waals surface area contributed by atoms with Crippen molar-refractivity contribution in [1.82, 2.24) is 0 Å². The first-order chi connectivity index (χ1) is 27.5. The maximum atomic E-state index is 12.7. The van der Waals surface area contributed by atoms with Crippen molar-refractivity contribution in [2.24, 2.45) is 0 Å². The monoisotopic (exact) mass is 824 g/mol. The van der Waals surface area contributed by atoms with Crippen molar-refractivity contribution in [2.75, 3.05) is 47.5 Å². The van der Waals surface area contributed by atoms with Crippen LogP contribution in [0, 0.1) is 0 Å². The number of unbranched alkanes of at least 4 members (excludes halogenated alkanes) is 19. The summed E-state index contributed by atoms with van der Waals surface area (Å²) >= 11 is 0. The van der Waals surface area contributed by atoms with Crippen molar-refractivity contribution in [3.63, 3.8) is 0 Å². The van der Waals surface area contributed by atoms with Gasteiger partial charge in [-0.15, -0.1) is 0 Å². The van der Waals surface area contributed by atoms with Crippen LogP contribution in [-0.2, 0) is 32.7 Å². The standard InChI is InChI=1S/C47H86NO8P/c1-6-8-10-12-14-16-18-20-22-24-26-28-30-32-34-36-38-40-47(50)56-45(44-55-57(51,52)54-42-41-48(3,4)5)43-53-46(49)39-37-35-33-31-29-27-25-23-21-19-17-15-13-11-9-7-2/h10,12,16,18,22,24,28,30,45H,6-9,11,13-15,17,19-21,23,25-27,29,31-44H2,1-5H3/b12-10+,18-16+,24-22+,30-28+/t45-/m1/s1. The highest BCUT2D eigenvalue weighted by atomic mass is 31.2. The number of hydrogen-bond donors (Lipinski definition) is 0. The minimum atomic E-state index is -4.63. The molecule has 0 aromatic heterocycles. The van der Waals surface area contributed by atoms with Crippen molar-refractivity contribution in [2.45, 2.75) is 193 Å². The number of phosphoric ester groups is 1. The van der Waals surface area contributed by atoms with E-state index in [4.69, 9.17) is 18.5 Å². The van der Waals surface area contributed by atoms with Gasteiger partial charge in [0.25, 0.3) is 7.82 Å². The lowest BCUT2D eigenvalue weighted by Gasteiger charge is -2.28. The molecule has 10 heteroatoms. The molecule has 2 atom stereocenters. The zero-order valence-electron chi connectivity index (χ0n) is 37.3. The van der Waals surface area contributed by atoms with Gasteiger partial charge in [0.1, 0.15) is 19.8 Å². The third kappa shape index (κ3) is 43.4. The molecular formula is C47H86NO8P. The lowest BCUT2D eigenvalue weighted by Crippen LogP contribution is -2.37. The number of likely N-dealkylation sites (N-methyl/N-ethyl adjacent to an activating group) is 1. The van der Waals surface area contributed by atoms with Gasteiger partial charge in [0, 0.05) is 12.8 Å². The summed E-state index contributed by atoms with van der Waals surface area (Å²) in [5.41, 5.74) is 0. The van der Waals surface area contributed by atoms with Crippen LogP contribution in [0.5, 0.6) is 0 Å². The van der Waals surface area contributed by atoms with Crippen molar-refractivity contribution in [3.8, 4) is 0 Å². The maximum absolute atomic E-state index is 12.7. The first-order valence-corrected chi connectivity index (χ1v) is 24.3. The van der Waals surface area contributed by atoms with Crippen LogP contribution in [0.2, 0.25) is 0 Å². The highest BCUT2D eigenvalue weighted by Crippen LogP contribution is 2.38. The molecular weight excluding hydrogens is 737 g/mol. The lowest BCUT2D eigenvalue weighted by atomic mass is 10.0. The molecule has 9 nitrogen and oxygen atoms in total. The maximum Gasteiger partial charge on any atom is 0.306 e. The fourth-order valence-electron chi connectivity index (χ4n) is 6.00. The summed E-state index contributed by atoms with van der Waals surface area (Å²) in [6.45, 7) is 4.13. The van der Waals surface area contributed by atoms with E-state index in [1.54, 1.807) is 0 Å². The number of phosphoric acid groups is 1. The van der Waals surface area contributed by atoms with Gasteiger partial charge in [-0.3, -0.25) is 14.2 Å². The number of allylic oxidation sites excluding steroid dienone is 8. The van der Waals surface area contributed by atoms with E-state index in [2.05, 4.69) is 62.5 Å². The second kappa shape index (κ2) is 39.4. The van der Waals surface area contributed by atoms with Gasteiger partial charge in [-0.1, -0.05) is 172 Å². The van der Waals surface area contributed by atoms with Gasteiger partial charge in [0.2, 0.25) is 0 Å². The second-order valence-electron chi connectivity index (χ2n) is 16.4. The molecule has 0 aromatic rings.